The van der Waals surface area contributed by atoms with Crippen LogP contribution in [-0.4, -0.2) is 14.7 Å². The molecule has 0 spiro atoms. The molecule has 1 N–H and O–H groups in total. The van der Waals surface area contributed by atoms with Crippen LogP contribution in [0.25, 0.3) is 27.6 Å². The Morgan fingerprint density at radius 2 is 1.36 bits per heavy atom. The minimum atomic E-state index is 0.0489. The number of aromatic nitrogens is 2. The molecular weight excluding hydrogens is 440 g/mol. The molecule has 0 aliphatic heterocycles. The number of nitrogens with zero attached hydrogens (tertiary/aromatic N) is 2. The van der Waals surface area contributed by atoms with Crippen LogP contribution in [0.3, 0.4) is 0 Å². The van der Waals surface area contributed by atoms with Crippen molar-refractivity contribution in [2.24, 2.45) is 23.7 Å². The lowest BCUT2D eigenvalue weighted by molar-refractivity contribution is -0.0418. The van der Waals surface area contributed by atoms with Gasteiger partial charge >= 0.3 is 0 Å². The SMILES string of the molecule is Oc1ccc2c3ccccc3n(-c3cc(C4(c5ccccc5)C5CC6CC(C5)CC4C6)ccn3)c2c1. The van der Waals surface area contributed by atoms with E-state index in [4.69, 9.17) is 4.98 Å². The Morgan fingerprint density at radius 3 is 2.14 bits per heavy atom. The maximum Gasteiger partial charge on any atom is 0.137 e. The molecule has 0 saturated heterocycles. The van der Waals surface area contributed by atoms with Crippen LogP contribution in [0.2, 0.25) is 0 Å². The van der Waals surface area contributed by atoms with E-state index in [1.165, 1.54) is 48.6 Å². The minimum Gasteiger partial charge on any atom is -0.508 e. The van der Waals surface area contributed by atoms with Gasteiger partial charge in [-0.05, 0) is 97.2 Å². The lowest BCUT2D eigenvalue weighted by Gasteiger charge is -2.62. The third-order valence-electron chi connectivity index (χ3n) is 9.79. The maximum absolute atomic E-state index is 10.4. The van der Waals surface area contributed by atoms with Gasteiger partial charge in [-0.2, -0.15) is 0 Å². The molecule has 0 unspecified atom stereocenters. The highest BCUT2D eigenvalue weighted by molar-refractivity contribution is 6.09. The number of para-hydroxylation sites is 1. The monoisotopic (exact) mass is 470 g/mol. The molecule has 9 rings (SSSR count). The summed E-state index contributed by atoms with van der Waals surface area (Å²) in [7, 11) is 0. The van der Waals surface area contributed by atoms with Gasteiger partial charge in [-0.3, -0.25) is 4.57 Å². The van der Waals surface area contributed by atoms with Gasteiger partial charge in [-0.1, -0.05) is 48.5 Å². The Hall–Kier alpha value is -3.59. The van der Waals surface area contributed by atoms with Crippen molar-refractivity contribution >= 4 is 21.8 Å². The van der Waals surface area contributed by atoms with Gasteiger partial charge in [0.2, 0.25) is 0 Å². The van der Waals surface area contributed by atoms with Crippen molar-refractivity contribution < 1.29 is 5.11 Å². The average molecular weight is 471 g/mol. The zero-order chi connectivity index (χ0) is 23.9. The first-order valence-corrected chi connectivity index (χ1v) is 13.5. The zero-order valence-corrected chi connectivity index (χ0v) is 20.3. The van der Waals surface area contributed by atoms with Gasteiger partial charge in [0.15, 0.2) is 0 Å². The molecule has 178 valence electrons. The van der Waals surface area contributed by atoms with Crippen LogP contribution in [0.5, 0.6) is 5.75 Å². The van der Waals surface area contributed by atoms with Gasteiger partial charge in [0, 0.05) is 28.5 Å². The molecule has 2 aromatic heterocycles. The van der Waals surface area contributed by atoms with E-state index in [0.29, 0.717) is 11.8 Å². The van der Waals surface area contributed by atoms with Gasteiger partial charge in [0.1, 0.15) is 11.6 Å². The van der Waals surface area contributed by atoms with Gasteiger partial charge < -0.3 is 5.11 Å². The van der Waals surface area contributed by atoms with Gasteiger partial charge in [-0.15, -0.1) is 0 Å². The molecule has 3 aromatic carbocycles. The predicted molar refractivity (Wildman–Crippen MR) is 145 cm³/mol. The second-order valence-electron chi connectivity index (χ2n) is 11.5. The van der Waals surface area contributed by atoms with E-state index in [9.17, 15) is 5.11 Å². The van der Waals surface area contributed by atoms with Crippen LogP contribution in [0, 0.1) is 23.7 Å². The Morgan fingerprint density at radius 1 is 0.667 bits per heavy atom. The van der Waals surface area contributed by atoms with Crippen molar-refractivity contribution in [3.05, 3.63) is 102 Å². The van der Waals surface area contributed by atoms with Crippen molar-refractivity contribution in [2.45, 2.75) is 37.5 Å². The van der Waals surface area contributed by atoms with Gasteiger partial charge in [-0.25, -0.2) is 4.98 Å². The highest BCUT2D eigenvalue weighted by Gasteiger charge is 2.58. The second-order valence-corrected chi connectivity index (χ2v) is 11.5. The molecule has 5 aromatic rings. The zero-order valence-electron chi connectivity index (χ0n) is 20.3. The molecule has 0 radical (unpaired) electrons. The molecule has 0 amide bonds. The standard InChI is InChI=1S/C33H30N2O/c36-27-10-11-29-28-8-4-5-9-30(28)35(31(29)20-27)32-19-24(12-13-34-32)33(23-6-2-1-3-7-23)25-15-21-14-22(17-25)18-26(33)16-21/h1-13,19-22,25-26,36H,14-18H2. The Labute approximate surface area is 211 Å². The van der Waals surface area contributed by atoms with E-state index in [2.05, 4.69) is 71.3 Å². The van der Waals surface area contributed by atoms with E-state index in [1.807, 2.05) is 18.3 Å². The summed E-state index contributed by atoms with van der Waals surface area (Å²) in [6.45, 7) is 0. The third kappa shape index (κ3) is 2.72. The van der Waals surface area contributed by atoms with Crippen molar-refractivity contribution in [3.8, 4) is 11.6 Å². The fraction of sp³-hybridized carbons (Fsp3) is 0.303. The summed E-state index contributed by atoms with van der Waals surface area (Å²) in [5, 5.41) is 12.7. The molecular formula is C33H30N2O. The molecule has 3 heteroatoms. The summed E-state index contributed by atoms with van der Waals surface area (Å²) in [5.41, 5.74) is 5.07. The number of hydrogen-bond acceptors (Lipinski definition) is 2. The normalized spacial score (nSPS) is 28.8. The van der Waals surface area contributed by atoms with Crippen LogP contribution in [0.15, 0.2) is 91.1 Å². The molecule has 2 heterocycles. The van der Waals surface area contributed by atoms with Crippen LogP contribution >= 0.6 is 0 Å². The summed E-state index contributed by atoms with van der Waals surface area (Å²) < 4.78 is 2.24. The van der Waals surface area contributed by atoms with Crippen LogP contribution < -0.4 is 0 Å². The van der Waals surface area contributed by atoms with Crippen molar-refractivity contribution in [2.75, 3.05) is 0 Å². The topological polar surface area (TPSA) is 38.0 Å². The van der Waals surface area contributed by atoms with E-state index in [-0.39, 0.29) is 11.2 Å². The summed E-state index contributed by atoms with van der Waals surface area (Å²) in [6.07, 6.45) is 8.87. The molecule has 4 bridgehead atoms. The first-order valence-electron chi connectivity index (χ1n) is 13.5. The number of rotatable bonds is 3. The fourth-order valence-electron chi connectivity index (χ4n) is 8.75. The highest BCUT2D eigenvalue weighted by atomic mass is 16.3. The molecule has 4 aliphatic carbocycles. The fourth-order valence-corrected chi connectivity index (χ4v) is 8.75. The number of hydrogen-bond donors (Lipinski definition) is 1. The molecule has 3 nitrogen and oxygen atoms in total. The molecule has 0 atom stereocenters. The Bertz CT molecular complexity index is 1590. The average Bonchev–Trinajstić information content (AvgIpc) is 3.22. The number of benzene rings is 3. The maximum atomic E-state index is 10.4. The van der Waals surface area contributed by atoms with Gasteiger partial charge in [0.25, 0.3) is 0 Å². The largest absolute Gasteiger partial charge is 0.508 e. The molecule has 36 heavy (non-hydrogen) atoms. The lowest BCUT2D eigenvalue weighted by atomic mass is 9.42. The Kier molecular flexibility index (Phi) is 4.26. The molecule has 4 fully saturated rings. The van der Waals surface area contributed by atoms with Crippen molar-refractivity contribution in [1.29, 1.82) is 0 Å². The number of phenols is 1. The van der Waals surface area contributed by atoms with Crippen LogP contribution in [0.1, 0.15) is 43.2 Å². The van der Waals surface area contributed by atoms with Crippen LogP contribution in [-0.2, 0) is 5.41 Å². The number of phenolic OH excluding ortho intramolecular Hbond substituents is 1. The summed E-state index contributed by atoms with van der Waals surface area (Å²) in [6, 6.07) is 30.2. The summed E-state index contributed by atoms with van der Waals surface area (Å²) in [4.78, 5) is 4.93. The predicted octanol–water partition coefficient (Wildman–Crippen LogP) is 7.63. The number of fused-ring (bicyclic) bond motifs is 3. The molecule has 4 aliphatic rings. The van der Waals surface area contributed by atoms with Gasteiger partial charge in [0.05, 0.1) is 11.0 Å². The smallest absolute Gasteiger partial charge is 0.137 e. The molecule has 4 saturated carbocycles. The lowest BCUT2D eigenvalue weighted by Crippen LogP contribution is -2.56. The quantitative estimate of drug-likeness (QED) is 0.294. The first kappa shape index (κ1) is 20.6. The first-order chi connectivity index (χ1) is 17.7. The summed E-state index contributed by atoms with van der Waals surface area (Å²) >= 11 is 0. The van der Waals surface area contributed by atoms with Crippen molar-refractivity contribution in [1.82, 2.24) is 9.55 Å². The number of pyridine rings is 1. The van der Waals surface area contributed by atoms with E-state index in [0.717, 1.165) is 34.1 Å². The van der Waals surface area contributed by atoms with Crippen molar-refractivity contribution in [3.63, 3.8) is 0 Å². The Balaban J connectivity index is 1.39. The van der Waals surface area contributed by atoms with E-state index in [1.54, 1.807) is 6.07 Å². The van der Waals surface area contributed by atoms with E-state index < -0.39 is 0 Å². The number of aromatic hydroxyl groups is 1. The van der Waals surface area contributed by atoms with E-state index >= 15 is 0 Å². The summed E-state index contributed by atoms with van der Waals surface area (Å²) in [5.74, 6) is 4.41. The highest BCUT2D eigenvalue weighted by Crippen LogP contribution is 2.65. The third-order valence-corrected chi connectivity index (χ3v) is 9.79. The van der Waals surface area contributed by atoms with Crippen LogP contribution in [0.4, 0.5) is 0 Å². The minimum absolute atomic E-state index is 0.0489. The second kappa shape index (κ2) is 7.46.